The number of carbonyl (C=O) groups excluding carboxylic acids is 1. The summed E-state index contributed by atoms with van der Waals surface area (Å²) in [4.78, 5) is 18.1. The lowest BCUT2D eigenvalue weighted by Gasteiger charge is -2.26. The number of aryl methyl sites for hydroxylation is 1. The third kappa shape index (κ3) is 4.55. The van der Waals surface area contributed by atoms with Crippen molar-refractivity contribution in [3.8, 4) is 0 Å². The van der Waals surface area contributed by atoms with Gasteiger partial charge in [0, 0.05) is 26.0 Å². The van der Waals surface area contributed by atoms with E-state index in [1.165, 1.54) is 11.1 Å². The van der Waals surface area contributed by atoms with Gasteiger partial charge in [-0.15, -0.1) is 0 Å². The number of nitrogens with zero attached hydrogens (tertiary/aromatic N) is 2. The van der Waals surface area contributed by atoms with Crippen molar-refractivity contribution in [3.05, 3.63) is 65.5 Å². The lowest BCUT2D eigenvalue weighted by Crippen LogP contribution is -2.40. The molecule has 0 saturated heterocycles. The van der Waals surface area contributed by atoms with Crippen molar-refractivity contribution in [2.75, 3.05) is 13.6 Å². The maximum absolute atomic E-state index is 12.4. The quantitative estimate of drug-likeness (QED) is 0.910. The largest absolute Gasteiger partial charge is 0.337 e. The monoisotopic (exact) mass is 311 g/mol. The Morgan fingerprint density at radius 2 is 1.87 bits per heavy atom. The minimum absolute atomic E-state index is 0.00674. The average Bonchev–Trinajstić information content (AvgIpc) is 2.58. The van der Waals surface area contributed by atoms with Gasteiger partial charge in [0.1, 0.15) is 0 Å². The third-order valence-corrected chi connectivity index (χ3v) is 4.26. The number of amides is 2. The van der Waals surface area contributed by atoms with Gasteiger partial charge in [0.15, 0.2) is 0 Å². The van der Waals surface area contributed by atoms with Crippen LogP contribution in [0.3, 0.4) is 0 Å². The summed E-state index contributed by atoms with van der Waals surface area (Å²) in [6, 6.07) is 12.2. The Bertz CT molecular complexity index is 642. The molecule has 2 amide bonds. The Labute approximate surface area is 138 Å². The first-order valence-corrected chi connectivity index (χ1v) is 7.96. The molecule has 0 unspecified atom stereocenters. The standard InChI is InChI=1S/C19H25N3O/c1-14-6-5-7-18(12-14)15(2)13-21-19(23)22(4)16(3)17-8-10-20-11-9-17/h5-12,15-16H,13H2,1-4H3,(H,21,23)/t15-,16+/m1/s1. The van der Waals surface area contributed by atoms with Crippen molar-refractivity contribution < 1.29 is 4.79 Å². The highest BCUT2D eigenvalue weighted by Crippen LogP contribution is 2.18. The molecule has 4 heteroatoms. The van der Waals surface area contributed by atoms with E-state index in [1.54, 1.807) is 17.3 Å². The number of carbonyl (C=O) groups is 1. The van der Waals surface area contributed by atoms with Crippen LogP contribution in [0.4, 0.5) is 4.79 Å². The summed E-state index contributed by atoms with van der Waals surface area (Å²) in [5, 5.41) is 3.02. The molecule has 1 aromatic carbocycles. The highest BCUT2D eigenvalue weighted by atomic mass is 16.2. The molecule has 0 radical (unpaired) electrons. The van der Waals surface area contributed by atoms with E-state index in [1.807, 2.05) is 26.1 Å². The Hall–Kier alpha value is -2.36. The molecule has 23 heavy (non-hydrogen) atoms. The van der Waals surface area contributed by atoms with Crippen LogP contribution in [0.1, 0.15) is 42.5 Å². The van der Waals surface area contributed by atoms with Crippen LogP contribution in [0.15, 0.2) is 48.8 Å². The molecule has 4 nitrogen and oxygen atoms in total. The summed E-state index contributed by atoms with van der Waals surface area (Å²) < 4.78 is 0. The van der Waals surface area contributed by atoms with Crippen LogP contribution in [-0.4, -0.2) is 29.5 Å². The molecular formula is C19H25N3O. The van der Waals surface area contributed by atoms with Gasteiger partial charge in [0.05, 0.1) is 6.04 Å². The molecule has 122 valence electrons. The number of nitrogens with one attached hydrogen (secondary N) is 1. The zero-order valence-corrected chi connectivity index (χ0v) is 14.3. The number of pyridine rings is 1. The Balaban J connectivity index is 1.91. The second kappa shape index (κ2) is 7.77. The Morgan fingerprint density at radius 3 is 2.52 bits per heavy atom. The molecule has 0 bridgehead atoms. The van der Waals surface area contributed by atoms with Crippen molar-refractivity contribution in [2.45, 2.75) is 32.7 Å². The predicted octanol–water partition coefficient (Wildman–Crippen LogP) is 3.90. The lowest BCUT2D eigenvalue weighted by atomic mass is 9.99. The van der Waals surface area contributed by atoms with Crippen molar-refractivity contribution in [1.82, 2.24) is 15.2 Å². The summed E-state index contributed by atoms with van der Waals surface area (Å²) in [5.74, 6) is 0.281. The minimum atomic E-state index is -0.0613. The van der Waals surface area contributed by atoms with Crippen molar-refractivity contribution in [2.24, 2.45) is 0 Å². The number of urea groups is 1. The second-order valence-corrected chi connectivity index (χ2v) is 6.07. The van der Waals surface area contributed by atoms with Crippen LogP contribution >= 0.6 is 0 Å². The Kier molecular flexibility index (Phi) is 5.74. The summed E-state index contributed by atoms with van der Waals surface area (Å²) in [6.07, 6.45) is 3.49. The molecule has 0 spiro atoms. The topological polar surface area (TPSA) is 45.2 Å². The van der Waals surface area contributed by atoms with Crippen LogP contribution in [0.2, 0.25) is 0 Å². The third-order valence-electron chi connectivity index (χ3n) is 4.26. The molecule has 1 aromatic heterocycles. The minimum Gasteiger partial charge on any atom is -0.337 e. The van der Waals surface area contributed by atoms with Gasteiger partial charge in [-0.3, -0.25) is 4.98 Å². The maximum atomic E-state index is 12.4. The van der Waals surface area contributed by atoms with Crippen LogP contribution in [0.5, 0.6) is 0 Å². The molecule has 0 aliphatic carbocycles. The maximum Gasteiger partial charge on any atom is 0.317 e. The van der Waals surface area contributed by atoms with Crippen molar-refractivity contribution in [3.63, 3.8) is 0 Å². The van der Waals surface area contributed by atoms with E-state index in [-0.39, 0.29) is 18.0 Å². The summed E-state index contributed by atoms with van der Waals surface area (Å²) >= 11 is 0. The second-order valence-electron chi connectivity index (χ2n) is 6.07. The van der Waals surface area contributed by atoms with Gasteiger partial charge in [0.2, 0.25) is 0 Å². The van der Waals surface area contributed by atoms with Gasteiger partial charge in [-0.25, -0.2) is 4.79 Å². The molecule has 2 atom stereocenters. The molecule has 2 rings (SSSR count). The van der Waals surface area contributed by atoms with E-state index in [2.05, 4.69) is 48.4 Å². The first-order valence-electron chi connectivity index (χ1n) is 7.96. The Morgan fingerprint density at radius 1 is 1.17 bits per heavy atom. The van der Waals surface area contributed by atoms with E-state index in [0.717, 1.165) is 5.56 Å². The summed E-state index contributed by atoms with van der Waals surface area (Å²) in [6.45, 7) is 6.84. The van der Waals surface area contributed by atoms with Crippen LogP contribution in [0.25, 0.3) is 0 Å². The first kappa shape index (κ1) is 17.0. The molecular weight excluding hydrogens is 286 g/mol. The van der Waals surface area contributed by atoms with Crippen molar-refractivity contribution in [1.29, 1.82) is 0 Å². The lowest BCUT2D eigenvalue weighted by molar-refractivity contribution is 0.194. The zero-order chi connectivity index (χ0) is 16.8. The predicted molar refractivity (Wildman–Crippen MR) is 93.4 cm³/mol. The SMILES string of the molecule is Cc1cccc([C@H](C)CNC(=O)N(C)[C@@H](C)c2ccncc2)c1. The van der Waals surface area contributed by atoms with Crippen LogP contribution in [-0.2, 0) is 0 Å². The molecule has 1 heterocycles. The smallest absolute Gasteiger partial charge is 0.317 e. The molecule has 0 aliphatic rings. The van der Waals surface area contributed by atoms with Gasteiger partial charge in [0.25, 0.3) is 0 Å². The van der Waals surface area contributed by atoms with E-state index >= 15 is 0 Å². The van der Waals surface area contributed by atoms with E-state index < -0.39 is 0 Å². The summed E-state index contributed by atoms with van der Waals surface area (Å²) in [5.41, 5.74) is 3.56. The number of benzene rings is 1. The van der Waals surface area contributed by atoms with E-state index in [9.17, 15) is 4.79 Å². The molecule has 0 fully saturated rings. The van der Waals surface area contributed by atoms with Gasteiger partial charge >= 0.3 is 6.03 Å². The van der Waals surface area contributed by atoms with Crippen molar-refractivity contribution >= 4 is 6.03 Å². The number of rotatable bonds is 5. The number of hydrogen-bond donors (Lipinski definition) is 1. The normalized spacial score (nSPS) is 13.2. The van der Waals surface area contributed by atoms with Crippen LogP contribution in [0, 0.1) is 6.92 Å². The number of aromatic nitrogens is 1. The highest BCUT2D eigenvalue weighted by Gasteiger charge is 2.17. The van der Waals surface area contributed by atoms with Gasteiger partial charge < -0.3 is 10.2 Å². The fourth-order valence-electron chi connectivity index (χ4n) is 2.50. The fraction of sp³-hybridized carbons (Fsp3) is 0.368. The molecule has 0 saturated carbocycles. The van der Waals surface area contributed by atoms with Gasteiger partial charge in [-0.1, -0.05) is 36.8 Å². The molecule has 2 aromatic rings. The number of hydrogen-bond acceptors (Lipinski definition) is 2. The average molecular weight is 311 g/mol. The zero-order valence-electron chi connectivity index (χ0n) is 14.3. The van der Waals surface area contributed by atoms with E-state index in [4.69, 9.17) is 0 Å². The molecule has 1 N–H and O–H groups in total. The van der Waals surface area contributed by atoms with Gasteiger partial charge in [-0.2, -0.15) is 0 Å². The molecule has 0 aliphatic heterocycles. The highest BCUT2D eigenvalue weighted by molar-refractivity contribution is 5.74. The van der Waals surface area contributed by atoms with Gasteiger partial charge in [-0.05, 0) is 43.0 Å². The fourth-order valence-corrected chi connectivity index (χ4v) is 2.50. The van der Waals surface area contributed by atoms with Crippen LogP contribution < -0.4 is 5.32 Å². The summed E-state index contributed by atoms with van der Waals surface area (Å²) in [7, 11) is 1.82. The first-order chi connectivity index (χ1) is 11.0. The van der Waals surface area contributed by atoms with E-state index in [0.29, 0.717) is 6.54 Å².